The maximum absolute atomic E-state index is 15.4. The summed E-state index contributed by atoms with van der Waals surface area (Å²) in [6, 6.07) is 5.39. The summed E-state index contributed by atoms with van der Waals surface area (Å²) in [5.74, 6) is -0.171. The van der Waals surface area contributed by atoms with Crippen LogP contribution in [-0.4, -0.2) is 67.7 Å². The minimum atomic E-state index is -0.707. The highest BCUT2D eigenvalue weighted by molar-refractivity contribution is 6.39. The molecular weight excluding hydrogens is 570 g/mol. The fourth-order valence-corrected chi connectivity index (χ4v) is 5.39. The summed E-state index contributed by atoms with van der Waals surface area (Å²) in [5.41, 5.74) is 3.65. The lowest BCUT2D eigenvalue weighted by Gasteiger charge is -2.36. The third-order valence-electron chi connectivity index (χ3n) is 6.92. The van der Waals surface area contributed by atoms with Gasteiger partial charge in [-0.05, 0) is 37.2 Å². The van der Waals surface area contributed by atoms with Crippen LogP contribution in [0.3, 0.4) is 0 Å². The minimum Gasteiger partial charge on any atom is -0.495 e. The molecule has 0 spiro atoms. The number of amides is 1. The van der Waals surface area contributed by atoms with Crippen LogP contribution in [0.2, 0.25) is 10.0 Å². The molecule has 2 aromatic carbocycles. The van der Waals surface area contributed by atoms with E-state index >= 15 is 4.39 Å². The first-order chi connectivity index (χ1) is 19.7. The molecule has 2 N–H and O–H groups in total. The number of nitrogens with zero attached hydrogens (tertiary/aromatic N) is 4. The number of piperazine rings is 1. The van der Waals surface area contributed by atoms with Crippen LogP contribution in [0.15, 0.2) is 30.6 Å². The van der Waals surface area contributed by atoms with Crippen molar-refractivity contribution in [1.82, 2.24) is 14.9 Å². The number of likely N-dealkylation sites (N-methyl/N-ethyl adjacent to an activating group) is 1. The van der Waals surface area contributed by atoms with E-state index in [0.717, 1.165) is 44.0 Å². The van der Waals surface area contributed by atoms with Crippen LogP contribution in [0.25, 0.3) is 11.9 Å². The van der Waals surface area contributed by atoms with Crippen molar-refractivity contribution in [3.8, 4) is 11.5 Å². The number of hydrogen-bond donors (Lipinski definition) is 2. The Morgan fingerprint density at radius 1 is 1.07 bits per heavy atom. The van der Waals surface area contributed by atoms with Crippen LogP contribution in [0, 0.1) is 6.92 Å². The van der Waals surface area contributed by atoms with E-state index in [4.69, 9.17) is 32.7 Å². The van der Waals surface area contributed by atoms with Gasteiger partial charge in [0.25, 0.3) is 0 Å². The van der Waals surface area contributed by atoms with E-state index in [2.05, 4.69) is 37.3 Å². The van der Waals surface area contributed by atoms with Crippen LogP contribution in [-0.2, 0) is 4.79 Å². The third-order valence-corrected chi connectivity index (χ3v) is 7.67. The normalized spacial score (nSPS) is 14.1. The predicted octanol–water partition coefficient (Wildman–Crippen LogP) is 6.42. The number of benzene rings is 2. The van der Waals surface area contributed by atoms with Gasteiger partial charge < -0.3 is 29.9 Å². The van der Waals surface area contributed by atoms with Crippen molar-refractivity contribution in [2.24, 2.45) is 0 Å². The van der Waals surface area contributed by atoms with Gasteiger partial charge in [-0.15, -0.1) is 0 Å². The average Bonchev–Trinajstić information content (AvgIpc) is 2.96. The molecule has 3 aromatic rings. The molecule has 0 saturated carbocycles. The highest BCUT2D eigenvalue weighted by Gasteiger charge is 2.22. The number of rotatable bonds is 9. The largest absolute Gasteiger partial charge is 0.495 e. The van der Waals surface area contributed by atoms with Gasteiger partial charge in [-0.25, -0.2) is 14.4 Å². The zero-order chi connectivity index (χ0) is 29.7. The minimum absolute atomic E-state index is 0.0169. The molecule has 4 rings (SSSR count). The van der Waals surface area contributed by atoms with Crippen molar-refractivity contribution in [2.75, 3.05) is 62.5 Å². The van der Waals surface area contributed by atoms with E-state index in [1.165, 1.54) is 45.7 Å². The maximum atomic E-state index is 15.4. The summed E-state index contributed by atoms with van der Waals surface area (Å²) in [5, 5.41) is 6.15. The predicted molar refractivity (Wildman–Crippen MR) is 164 cm³/mol. The van der Waals surface area contributed by atoms with Gasteiger partial charge >= 0.3 is 0 Å². The molecular formula is C29H33Cl2FN6O3. The van der Waals surface area contributed by atoms with Gasteiger partial charge in [-0.2, -0.15) is 0 Å². The Morgan fingerprint density at radius 3 is 2.22 bits per heavy atom. The van der Waals surface area contributed by atoms with Crippen molar-refractivity contribution >= 4 is 64.0 Å². The molecule has 9 nitrogen and oxygen atoms in total. The fourth-order valence-electron chi connectivity index (χ4n) is 4.71. The molecule has 218 valence electrons. The first-order valence-corrected chi connectivity index (χ1v) is 13.9. The van der Waals surface area contributed by atoms with Crippen molar-refractivity contribution in [3.05, 3.63) is 57.3 Å². The molecule has 1 saturated heterocycles. The van der Waals surface area contributed by atoms with Crippen LogP contribution < -0.4 is 25.0 Å². The molecule has 1 aliphatic rings. The number of anilines is 4. The average molecular weight is 604 g/mol. The van der Waals surface area contributed by atoms with Crippen LogP contribution in [0.5, 0.6) is 11.5 Å². The standard InChI is InChI=1S/C29H33Cl2FN6O3/c1-6-37-9-11-38(12-10-37)22-8-7-21(35-18(3)39)28(17(22)2)36-29-33-15-19(16-34-29)13-20(32)25-26(30)23(40-4)14-24(41-5)27(25)31/h7-8,13-16H,6,9-12H2,1-5H3,(H,35,39)(H,33,34,36)/b20-13-. The second-order valence-electron chi connectivity index (χ2n) is 9.48. The van der Waals surface area contributed by atoms with E-state index in [9.17, 15) is 4.79 Å². The lowest BCUT2D eigenvalue weighted by molar-refractivity contribution is -0.114. The second-order valence-corrected chi connectivity index (χ2v) is 10.2. The number of hydrogen-bond acceptors (Lipinski definition) is 8. The van der Waals surface area contributed by atoms with Crippen LogP contribution >= 0.6 is 23.2 Å². The van der Waals surface area contributed by atoms with Crippen LogP contribution in [0.1, 0.15) is 30.5 Å². The molecule has 1 aromatic heterocycles. The Bertz CT molecular complexity index is 1420. The number of ether oxygens (including phenoxy) is 2. The molecule has 1 amide bonds. The number of nitrogens with one attached hydrogen (secondary N) is 2. The third kappa shape index (κ3) is 6.83. The second kappa shape index (κ2) is 13.4. The summed E-state index contributed by atoms with van der Waals surface area (Å²) >= 11 is 12.7. The smallest absolute Gasteiger partial charge is 0.227 e. The summed E-state index contributed by atoms with van der Waals surface area (Å²) in [6.45, 7) is 10.4. The molecule has 0 aliphatic carbocycles. The maximum Gasteiger partial charge on any atom is 0.227 e. The molecule has 1 fully saturated rings. The van der Waals surface area contributed by atoms with Gasteiger partial charge in [0.15, 0.2) is 0 Å². The van der Waals surface area contributed by atoms with Gasteiger partial charge in [0.1, 0.15) is 17.3 Å². The SMILES string of the molecule is CCN1CCN(c2ccc(NC(C)=O)c(Nc3ncc(/C=C(\F)c4c(Cl)c(OC)cc(OC)c4Cl)cn3)c2C)CC1. The lowest BCUT2D eigenvalue weighted by atomic mass is 10.1. The molecule has 2 heterocycles. The summed E-state index contributed by atoms with van der Waals surface area (Å²) in [7, 11) is 2.83. The first-order valence-electron chi connectivity index (χ1n) is 13.1. The summed E-state index contributed by atoms with van der Waals surface area (Å²) in [6.07, 6.45) is 4.16. The Kier molecular flexibility index (Phi) is 9.90. The number of aromatic nitrogens is 2. The fraction of sp³-hybridized carbons (Fsp3) is 0.345. The number of methoxy groups -OCH3 is 2. The van der Waals surface area contributed by atoms with Crippen molar-refractivity contribution in [3.63, 3.8) is 0 Å². The van der Waals surface area contributed by atoms with Gasteiger partial charge in [0.05, 0.1) is 41.2 Å². The Balaban J connectivity index is 1.62. The number of halogens is 3. The molecule has 41 heavy (non-hydrogen) atoms. The summed E-state index contributed by atoms with van der Waals surface area (Å²) in [4.78, 5) is 25.4. The molecule has 0 unspecified atom stereocenters. The molecule has 0 radical (unpaired) electrons. The van der Waals surface area contributed by atoms with E-state index in [-0.39, 0.29) is 39.0 Å². The van der Waals surface area contributed by atoms with Gasteiger partial charge in [-0.3, -0.25) is 4.79 Å². The zero-order valence-corrected chi connectivity index (χ0v) is 25.2. The monoisotopic (exact) mass is 602 g/mol. The van der Waals surface area contributed by atoms with E-state index < -0.39 is 5.83 Å². The number of carbonyl (C=O) groups excluding carboxylic acids is 1. The van der Waals surface area contributed by atoms with Crippen molar-refractivity contribution < 1.29 is 18.7 Å². The highest BCUT2D eigenvalue weighted by Crippen LogP contribution is 2.44. The number of carbonyl (C=O) groups is 1. The van der Waals surface area contributed by atoms with Gasteiger partial charge in [0, 0.05) is 62.8 Å². The quantitative estimate of drug-likeness (QED) is 0.290. The van der Waals surface area contributed by atoms with Crippen molar-refractivity contribution in [2.45, 2.75) is 20.8 Å². The van der Waals surface area contributed by atoms with Gasteiger partial charge in [0.2, 0.25) is 11.9 Å². The van der Waals surface area contributed by atoms with E-state index in [1.807, 2.05) is 19.1 Å². The molecule has 1 aliphatic heterocycles. The zero-order valence-electron chi connectivity index (χ0n) is 23.6. The molecule has 0 bridgehead atoms. The highest BCUT2D eigenvalue weighted by atomic mass is 35.5. The topological polar surface area (TPSA) is 91.9 Å². The Morgan fingerprint density at radius 2 is 1.68 bits per heavy atom. The Hall–Kier alpha value is -3.60. The first kappa shape index (κ1) is 30.4. The summed E-state index contributed by atoms with van der Waals surface area (Å²) < 4.78 is 25.8. The van der Waals surface area contributed by atoms with E-state index in [0.29, 0.717) is 16.9 Å². The van der Waals surface area contributed by atoms with Crippen molar-refractivity contribution in [1.29, 1.82) is 0 Å². The molecule has 0 atom stereocenters. The molecule has 12 heteroatoms. The van der Waals surface area contributed by atoms with Gasteiger partial charge in [-0.1, -0.05) is 30.1 Å². The Labute approximate surface area is 249 Å². The van der Waals surface area contributed by atoms with Crippen LogP contribution in [0.4, 0.5) is 27.4 Å². The lowest BCUT2D eigenvalue weighted by Crippen LogP contribution is -2.46. The van der Waals surface area contributed by atoms with E-state index in [1.54, 1.807) is 0 Å².